The zero-order chi connectivity index (χ0) is 22.6. The van der Waals surface area contributed by atoms with Gasteiger partial charge in [0.05, 0.1) is 0 Å². The van der Waals surface area contributed by atoms with Crippen LogP contribution in [0.3, 0.4) is 0 Å². The van der Waals surface area contributed by atoms with Crippen molar-refractivity contribution < 1.29 is 4.42 Å². The van der Waals surface area contributed by atoms with Crippen molar-refractivity contribution in [3.05, 3.63) is 66.1 Å². The first kappa shape index (κ1) is 26.3. The minimum Gasteiger partial charge on any atom is -0.461 e. The molecule has 0 saturated heterocycles. The lowest BCUT2D eigenvalue weighted by molar-refractivity contribution is 0.577. The van der Waals surface area contributed by atoms with E-state index in [1.807, 2.05) is 61.5 Å². The Kier molecular flexibility index (Phi) is 12.2. The average molecular weight is 394 g/mol. The van der Waals surface area contributed by atoms with E-state index in [0.29, 0.717) is 0 Å². The van der Waals surface area contributed by atoms with Gasteiger partial charge in [-0.15, -0.1) is 6.58 Å². The van der Waals surface area contributed by atoms with Crippen molar-refractivity contribution >= 4 is 40.1 Å². The van der Waals surface area contributed by atoms with E-state index in [4.69, 9.17) is 4.42 Å². The topological polar surface area (TPSA) is 18.1 Å². The van der Waals surface area contributed by atoms with Crippen molar-refractivity contribution in [2.45, 2.75) is 55.4 Å². The Morgan fingerprint density at radius 2 is 1.41 bits per heavy atom. The monoisotopic (exact) mass is 393 g/mol. The molecule has 2 aromatic heterocycles. The van der Waals surface area contributed by atoms with Gasteiger partial charge < -0.3 is 8.98 Å². The number of aromatic nitrogens is 1. The third kappa shape index (κ3) is 5.41. The molecule has 0 spiro atoms. The van der Waals surface area contributed by atoms with Gasteiger partial charge in [0.2, 0.25) is 0 Å². The second-order valence-electron chi connectivity index (χ2n) is 5.88. The Hall–Kier alpha value is -2.74. The SMILES string of the molecule is C=CC.C=Cc1c(/C=C\C)n(C)c2ccc3oc(C)c(/C=C\C)c3c12.CC.CC. The van der Waals surface area contributed by atoms with E-state index in [0.717, 1.165) is 22.5 Å². The van der Waals surface area contributed by atoms with Gasteiger partial charge in [0, 0.05) is 40.2 Å². The lowest BCUT2D eigenvalue weighted by Crippen LogP contribution is -1.90. The molecule has 2 nitrogen and oxygen atoms in total. The Bertz CT molecular complexity index is 977. The molecule has 0 aliphatic carbocycles. The van der Waals surface area contributed by atoms with E-state index in [1.165, 1.54) is 22.0 Å². The van der Waals surface area contributed by atoms with Gasteiger partial charge in [0.15, 0.2) is 0 Å². The number of furan rings is 1. The highest BCUT2D eigenvalue weighted by Crippen LogP contribution is 2.38. The fourth-order valence-electron chi connectivity index (χ4n) is 3.25. The summed E-state index contributed by atoms with van der Waals surface area (Å²) < 4.78 is 8.17. The van der Waals surface area contributed by atoms with Crippen molar-refractivity contribution in [3.8, 4) is 0 Å². The summed E-state index contributed by atoms with van der Waals surface area (Å²) in [6.45, 7) is 23.4. The minimum atomic E-state index is 0.929. The number of nitrogens with zero attached hydrogens (tertiary/aromatic N) is 1. The lowest BCUT2D eigenvalue weighted by atomic mass is 10.0. The molecule has 1 aromatic carbocycles. The molecule has 0 fully saturated rings. The Balaban J connectivity index is 0.00000100. The summed E-state index contributed by atoms with van der Waals surface area (Å²) in [4.78, 5) is 0. The fourth-order valence-corrected chi connectivity index (χ4v) is 3.25. The van der Waals surface area contributed by atoms with Gasteiger partial charge in [0.25, 0.3) is 0 Å². The van der Waals surface area contributed by atoms with E-state index in [2.05, 4.69) is 61.2 Å². The summed E-state index contributed by atoms with van der Waals surface area (Å²) in [5, 5.41) is 2.39. The van der Waals surface area contributed by atoms with Crippen LogP contribution >= 0.6 is 0 Å². The quantitative estimate of drug-likeness (QED) is 0.405. The van der Waals surface area contributed by atoms with Gasteiger partial charge >= 0.3 is 0 Å². The molecule has 0 aliphatic heterocycles. The number of benzene rings is 1. The van der Waals surface area contributed by atoms with E-state index in [-0.39, 0.29) is 0 Å². The van der Waals surface area contributed by atoms with Crippen LogP contribution in [0.4, 0.5) is 0 Å². The van der Waals surface area contributed by atoms with Crippen LogP contribution in [0.2, 0.25) is 0 Å². The molecular weight excluding hydrogens is 354 g/mol. The van der Waals surface area contributed by atoms with Crippen LogP contribution in [-0.4, -0.2) is 4.57 Å². The molecule has 0 amide bonds. The predicted molar refractivity (Wildman–Crippen MR) is 136 cm³/mol. The zero-order valence-electron chi connectivity index (χ0n) is 19.9. The lowest BCUT2D eigenvalue weighted by Gasteiger charge is -1.99. The summed E-state index contributed by atoms with van der Waals surface area (Å²) in [7, 11) is 2.10. The molecule has 0 unspecified atom stereocenters. The van der Waals surface area contributed by atoms with Gasteiger partial charge in [-0.25, -0.2) is 0 Å². The Morgan fingerprint density at radius 1 is 0.862 bits per heavy atom. The standard InChI is InChI=1S/C20H21NO.C3H6.2C2H6/c1-6-9-15-13(4)22-18-12-11-17-19(20(15)18)14(8-3)16(10-7-2)21(17)5;1-3-2;2*1-2/h6-12H,3H2,1-2,4-5H3;3H,1H2,2H3;2*1-2H3/b9-6-,10-7-;;;. The normalized spacial score (nSPS) is 10.2. The summed E-state index contributed by atoms with van der Waals surface area (Å²) >= 11 is 0. The van der Waals surface area contributed by atoms with Crippen LogP contribution in [0.1, 0.15) is 71.0 Å². The third-order valence-corrected chi connectivity index (χ3v) is 4.19. The second kappa shape index (κ2) is 13.4. The smallest absolute Gasteiger partial charge is 0.135 e. The average Bonchev–Trinajstić information content (AvgIpc) is 3.20. The molecule has 3 aromatic rings. The van der Waals surface area contributed by atoms with Crippen LogP contribution in [-0.2, 0) is 7.05 Å². The summed E-state index contributed by atoms with van der Waals surface area (Å²) in [5.74, 6) is 0.951. The third-order valence-electron chi connectivity index (χ3n) is 4.19. The first-order chi connectivity index (χ1) is 14.0. The van der Waals surface area contributed by atoms with Gasteiger partial charge in [-0.2, -0.15) is 0 Å². The number of hydrogen-bond donors (Lipinski definition) is 0. The highest BCUT2D eigenvalue weighted by atomic mass is 16.3. The first-order valence-corrected chi connectivity index (χ1v) is 10.5. The Labute approximate surface area is 177 Å². The maximum absolute atomic E-state index is 5.96. The predicted octanol–water partition coefficient (Wildman–Crippen LogP) is 9.19. The van der Waals surface area contributed by atoms with E-state index >= 15 is 0 Å². The van der Waals surface area contributed by atoms with E-state index in [9.17, 15) is 0 Å². The molecule has 2 heteroatoms. The van der Waals surface area contributed by atoms with Crippen molar-refractivity contribution in [2.75, 3.05) is 0 Å². The van der Waals surface area contributed by atoms with Crippen LogP contribution in [0.5, 0.6) is 0 Å². The van der Waals surface area contributed by atoms with Crippen molar-refractivity contribution in [2.24, 2.45) is 7.05 Å². The number of aryl methyl sites for hydroxylation is 2. The number of hydrogen-bond acceptors (Lipinski definition) is 1. The zero-order valence-corrected chi connectivity index (χ0v) is 19.9. The molecular formula is C27H39NO. The summed E-state index contributed by atoms with van der Waals surface area (Å²) in [6, 6.07) is 4.18. The molecule has 0 N–H and O–H groups in total. The number of fused-ring (bicyclic) bond motifs is 3. The van der Waals surface area contributed by atoms with Crippen molar-refractivity contribution in [1.82, 2.24) is 4.57 Å². The Morgan fingerprint density at radius 3 is 1.90 bits per heavy atom. The van der Waals surface area contributed by atoms with Crippen LogP contribution in [0, 0.1) is 6.92 Å². The van der Waals surface area contributed by atoms with Crippen molar-refractivity contribution in [1.29, 1.82) is 0 Å². The van der Waals surface area contributed by atoms with Crippen LogP contribution < -0.4 is 0 Å². The molecule has 0 radical (unpaired) electrons. The highest BCUT2D eigenvalue weighted by molar-refractivity contribution is 6.14. The summed E-state index contributed by atoms with van der Waals surface area (Å²) in [6.07, 6.45) is 12.1. The summed E-state index contributed by atoms with van der Waals surface area (Å²) in [5.41, 5.74) is 5.61. The fraction of sp³-hybridized carbons (Fsp3) is 0.333. The molecule has 0 aliphatic rings. The van der Waals surface area contributed by atoms with E-state index < -0.39 is 0 Å². The molecule has 0 atom stereocenters. The number of allylic oxidation sites excluding steroid dienone is 3. The van der Waals surface area contributed by atoms with E-state index in [1.54, 1.807) is 6.08 Å². The molecule has 29 heavy (non-hydrogen) atoms. The van der Waals surface area contributed by atoms with Crippen LogP contribution in [0.25, 0.3) is 40.1 Å². The maximum atomic E-state index is 5.96. The van der Waals surface area contributed by atoms with Gasteiger partial charge in [-0.1, -0.05) is 64.7 Å². The number of rotatable bonds is 3. The van der Waals surface area contributed by atoms with Gasteiger partial charge in [0.1, 0.15) is 11.3 Å². The molecule has 0 bridgehead atoms. The highest BCUT2D eigenvalue weighted by Gasteiger charge is 2.18. The van der Waals surface area contributed by atoms with Crippen molar-refractivity contribution in [3.63, 3.8) is 0 Å². The maximum Gasteiger partial charge on any atom is 0.135 e. The second-order valence-corrected chi connectivity index (χ2v) is 5.88. The van der Waals surface area contributed by atoms with Crippen LogP contribution in [0.15, 0.2) is 47.9 Å². The molecule has 0 saturated carbocycles. The minimum absolute atomic E-state index is 0.929. The molecule has 3 rings (SSSR count). The molecule has 2 heterocycles. The van der Waals surface area contributed by atoms with Gasteiger partial charge in [-0.05, 0) is 45.9 Å². The first-order valence-electron chi connectivity index (χ1n) is 10.5. The van der Waals surface area contributed by atoms with Gasteiger partial charge in [-0.3, -0.25) is 0 Å². The largest absolute Gasteiger partial charge is 0.461 e. The molecule has 158 valence electrons.